The summed E-state index contributed by atoms with van der Waals surface area (Å²) in [5.41, 5.74) is 2.24. The van der Waals surface area contributed by atoms with Gasteiger partial charge in [-0.25, -0.2) is 4.79 Å². The van der Waals surface area contributed by atoms with Crippen molar-refractivity contribution in [3.8, 4) is 5.75 Å². The molecule has 0 unspecified atom stereocenters. The highest BCUT2D eigenvalue weighted by Crippen LogP contribution is 2.25. The number of benzene rings is 2. The fourth-order valence-electron chi connectivity index (χ4n) is 3.04. The standard InChI is InChI=1S/C21H22N4O5/c1-13-7-8-17(30-2)16(9-13)24-18(26)10-22-20(28)15-6-4-3-5-14(15)12-25-19(27)11-23-21(25)29/h3-9H,10-12H2,1-2H3,(H,22,28)(H,23,29)(H,24,26). The number of methoxy groups -OCH3 is 1. The second kappa shape index (κ2) is 9.08. The number of carbonyl (C=O) groups is 4. The molecule has 0 aromatic heterocycles. The van der Waals surface area contributed by atoms with Crippen LogP contribution in [0, 0.1) is 6.92 Å². The van der Waals surface area contributed by atoms with Gasteiger partial charge in [-0.2, -0.15) is 0 Å². The predicted octanol–water partition coefficient (Wildman–Crippen LogP) is 1.42. The molecule has 3 N–H and O–H groups in total. The molecule has 1 aliphatic heterocycles. The number of carbonyl (C=O) groups excluding carboxylic acids is 4. The van der Waals surface area contributed by atoms with E-state index in [-0.39, 0.29) is 31.1 Å². The summed E-state index contributed by atoms with van der Waals surface area (Å²) in [7, 11) is 1.50. The van der Waals surface area contributed by atoms with E-state index < -0.39 is 17.8 Å². The summed E-state index contributed by atoms with van der Waals surface area (Å²) in [6.07, 6.45) is 0. The Labute approximate surface area is 173 Å². The lowest BCUT2D eigenvalue weighted by molar-refractivity contribution is -0.125. The van der Waals surface area contributed by atoms with Crippen LogP contribution >= 0.6 is 0 Å². The molecule has 9 nitrogen and oxygen atoms in total. The van der Waals surface area contributed by atoms with E-state index in [4.69, 9.17) is 4.74 Å². The summed E-state index contributed by atoms with van der Waals surface area (Å²) in [4.78, 5) is 49.5. The van der Waals surface area contributed by atoms with Crippen molar-refractivity contribution < 1.29 is 23.9 Å². The Morgan fingerprint density at radius 1 is 1.17 bits per heavy atom. The van der Waals surface area contributed by atoms with Crippen LogP contribution in [0.2, 0.25) is 0 Å². The zero-order valence-corrected chi connectivity index (χ0v) is 16.7. The minimum absolute atomic E-state index is 0.0268. The van der Waals surface area contributed by atoms with Gasteiger partial charge in [0.15, 0.2) is 0 Å². The molecular weight excluding hydrogens is 388 g/mol. The van der Waals surface area contributed by atoms with Crippen LogP contribution in [0.15, 0.2) is 42.5 Å². The Morgan fingerprint density at radius 2 is 1.93 bits per heavy atom. The largest absolute Gasteiger partial charge is 0.495 e. The van der Waals surface area contributed by atoms with Crippen LogP contribution in [0.5, 0.6) is 5.75 Å². The Bertz CT molecular complexity index is 989. The Morgan fingerprint density at radius 3 is 2.63 bits per heavy atom. The fraction of sp³-hybridized carbons (Fsp3) is 0.238. The zero-order chi connectivity index (χ0) is 21.7. The third-order valence-electron chi connectivity index (χ3n) is 4.57. The van der Waals surface area contributed by atoms with Crippen molar-refractivity contribution in [2.75, 3.05) is 25.5 Å². The van der Waals surface area contributed by atoms with Crippen LogP contribution in [0.3, 0.4) is 0 Å². The summed E-state index contributed by atoms with van der Waals surface area (Å²) in [5, 5.41) is 7.71. The molecule has 0 atom stereocenters. The van der Waals surface area contributed by atoms with Crippen LogP contribution in [0.1, 0.15) is 21.5 Å². The Kier molecular flexibility index (Phi) is 6.31. The Balaban J connectivity index is 1.64. The number of urea groups is 1. The normalized spacial score (nSPS) is 13.1. The first-order valence-corrected chi connectivity index (χ1v) is 9.28. The van der Waals surface area contributed by atoms with Gasteiger partial charge in [-0.15, -0.1) is 0 Å². The van der Waals surface area contributed by atoms with E-state index in [1.165, 1.54) is 7.11 Å². The molecule has 1 saturated heterocycles. The van der Waals surface area contributed by atoms with Crippen molar-refractivity contribution in [1.29, 1.82) is 0 Å². The van der Waals surface area contributed by atoms with Gasteiger partial charge in [-0.1, -0.05) is 24.3 Å². The second-order valence-corrected chi connectivity index (χ2v) is 6.73. The van der Waals surface area contributed by atoms with E-state index in [1.54, 1.807) is 36.4 Å². The van der Waals surface area contributed by atoms with Gasteiger partial charge in [0, 0.05) is 5.56 Å². The average Bonchev–Trinajstić information content (AvgIpc) is 3.04. The third kappa shape index (κ3) is 4.75. The molecule has 30 heavy (non-hydrogen) atoms. The minimum Gasteiger partial charge on any atom is -0.495 e. The van der Waals surface area contributed by atoms with Gasteiger partial charge in [0.2, 0.25) is 11.8 Å². The average molecular weight is 410 g/mol. The highest BCUT2D eigenvalue weighted by atomic mass is 16.5. The van der Waals surface area contributed by atoms with Crippen LogP contribution < -0.4 is 20.7 Å². The van der Waals surface area contributed by atoms with Crippen molar-refractivity contribution in [2.45, 2.75) is 13.5 Å². The van der Waals surface area contributed by atoms with Gasteiger partial charge in [-0.3, -0.25) is 19.3 Å². The lowest BCUT2D eigenvalue weighted by atomic mass is 10.1. The summed E-state index contributed by atoms with van der Waals surface area (Å²) in [6.45, 7) is 1.54. The molecule has 2 aromatic carbocycles. The van der Waals surface area contributed by atoms with Crippen LogP contribution in [-0.4, -0.2) is 48.9 Å². The van der Waals surface area contributed by atoms with Crippen molar-refractivity contribution in [3.05, 3.63) is 59.2 Å². The van der Waals surface area contributed by atoms with Gasteiger partial charge < -0.3 is 20.7 Å². The lowest BCUT2D eigenvalue weighted by Crippen LogP contribution is -2.35. The van der Waals surface area contributed by atoms with E-state index in [1.807, 2.05) is 13.0 Å². The van der Waals surface area contributed by atoms with Crippen molar-refractivity contribution in [3.63, 3.8) is 0 Å². The molecule has 0 bridgehead atoms. The van der Waals surface area contributed by atoms with Gasteiger partial charge in [0.1, 0.15) is 5.75 Å². The maximum atomic E-state index is 12.6. The quantitative estimate of drug-likeness (QED) is 0.597. The SMILES string of the molecule is COc1ccc(C)cc1NC(=O)CNC(=O)c1ccccc1CN1C(=O)CNC1=O. The molecule has 156 valence electrons. The maximum Gasteiger partial charge on any atom is 0.324 e. The summed E-state index contributed by atoms with van der Waals surface area (Å²) in [6, 6.07) is 11.5. The van der Waals surface area contributed by atoms with E-state index >= 15 is 0 Å². The van der Waals surface area contributed by atoms with Gasteiger partial charge in [0.05, 0.1) is 32.4 Å². The highest BCUT2D eigenvalue weighted by Gasteiger charge is 2.29. The number of aryl methyl sites for hydroxylation is 1. The molecule has 5 amide bonds. The summed E-state index contributed by atoms with van der Waals surface area (Å²) in [5.74, 6) is -0.747. The molecule has 0 spiro atoms. The van der Waals surface area contributed by atoms with Gasteiger partial charge in [0.25, 0.3) is 5.91 Å². The van der Waals surface area contributed by atoms with Crippen LogP contribution in [-0.2, 0) is 16.1 Å². The Hall–Kier alpha value is -3.88. The van der Waals surface area contributed by atoms with Gasteiger partial charge in [-0.05, 0) is 36.2 Å². The number of ether oxygens (including phenoxy) is 1. The highest BCUT2D eigenvalue weighted by molar-refractivity contribution is 6.03. The number of nitrogens with one attached hydrogen (secondary N) is 3. The number of hydrogen-bond donors (Lipinski definition) is 3. The number of amides is 5. The molecule has 1 aliphatic rings. The number of rotatable bonds is 7. The topological polar surface area (TPSA) is 117 Å². The van der Waals surface area contributed by atoms with E-state index in [0.29, 0.717) is 17.0 Å². The predicted molar refractivity (Wildman–Crippen MR) is 109 cm³/mol. The summed E-state index contributed by atoms with van der Waals surface area (Å²) >= 11 is 0. The molecule has 2 aromatic rings. The first-order chi connectivity index (χ1) is 14.4. The van der Waals surface area contributed by atoms with Crippen LogP contribution in [0.4, 0.5) is 10.5 Å². The van der Waals surface area contributed by atoms with E-state index in [0.717, 1.165) is 10.5 Å². The van der Waals surface area contributed by atoms with E-state index in [9.17, 15) is 19.2 Å². The smallest absolute Gasteiger partial charge is 0.324 e. The monoisotopic (exact) mass is 410 g/mol. The van der Waals surface area contributed by atoms with Crippen molar-refractivity contribution >= 4 is 29.4 Å². The van der Waals surface area contributed by atoms with Crippen molar-refractivity contribution in [2.24, 2.45) is 0 Å². The summed E-state index contributed by atoms with van der Waals surface area (Å²) < 4.78 is 5.23. The number of anilines is 1. The molecule has 1 fully saturated rings. The fourth-order valence-corrected chi connectivity index (χ4v) is 3.04. The molecular formula is C21H22N4O5. The molecule has 9 heteroatoms. The first kappa shape index (κ1) is 20.8. The number of imide groups is 1. The lowest BCUT2D eigenvalue weighted by Gasteiger charge is -2.15. The van der Waals surface area contributed by atoms with Gasteiger partial charge >= 0.3 is 6.03 Å². The second-order valence-electron chi connectivity index (χ2n) is 6.73. The molecule has 1 heterocycles. The molecule has 0 saturated carbocycles. The molecule has 0 radical (unpaired) electrons. The number of hydrogen-bond acceptors (Lipinski definition) is 5. The van der Waals surface area contributed by atoms with E-state index in [2.05, 4.69) is 16.0 Å². The molecule has 3 rings (SSSR count). The third-order valence-corrected chi connectivity index (χ3v) is 4.57. The maximum absolute atomic E-state index is 12.6. The van der Waals surface area contributed by atoms with Crippen LogP contribution in [0.25, 0.3) is 0 Å². The first-order valence-electron chi connectivity index (χ1n) is 9.28. The number of nitrogens with zero attached hydrogens (tertiary/aromatic N) is 1. The zero-order valence-electron chi connectivity index (χ0n) is 16.7. The van der Waals surface area contributed by atoms with Crippen molar-refractivity contribution in [1.82, 2.24) is 15.5 Å². The molecule has 0 aliphatic carbocycles. The minimum atomic E-state index is -0.498.